The molecule has 4 aromatic carbocycles. The summed E-state index contributed by atoms with van der Waals surface area (Å²) in [4.78, 5) is 60.1. The van der Waals surface area contributed by atoms with E-state index in [9.17, 15) is 28.3 Å². The fourth-order valence-corrected chi connectivity index (χ4v) is 11.1. The van der Waals surface area contributed by atoms with Crippen molar-refractivity contribution in [1.29, 1.82) is 0 Å². The number of hydrogen-bond acceptors (Lipinski definition) is 15. The molecule has 0 aliphatic rings. The Morgan fingerprint density at radius 2 is 1.37 bits per heavy atom. The molecule has 2 N–H and O–H groups in total. The van der Waals surface area contributed by atoms with Gasteiger partial charge in [0, 0.05) is 5.56 Å². The lowest BCUT2D eigenvalue weighted by Crippen LogP contribution is -2.49. The van der Waals surface area contributed by atoms with Crippen LogP contribution in [0.2, 0.25) is 0 Å². The molecule has 0 radical (unpaired) electrons. The Balaban J connectivity index is 1.29. The maximum atomic E-state index is 14.8. The second-order valence-corrected chi connectivity index (χ2v) is 23.2. The molecule has 18 nitrogen and oxygen atoms in total. The summed E-state index contributed by atoms with van der Waals surface area (Å²) in [6, 6.07) is 30.4. The third kappa shape index (κ3) is 18.6. The Morgan fingerprint density at radius 1 is 0.737 bits per heavy atom. The lowest BCUT2D eigenvalue weighted by atomic mass is 9.90. The lowest BCUT2D eigenvalue weighted by Gasteiger charge is -2.32. The van der Waals surface area contributed by atoms with Crippen LogP contribution in [0, 0.1) is 12.8 Å². The highest BCUT2D eigenvalue weighted by molar-refractivity contribution is 7.62. The Labute approximate surface area is 446 Å². The number of phosphoric ester groups is 1. The van der Waals surface area contributed by atoms with Crippen molar-refractivity contribution in [2.75, 3.05) is 20.1 Å². The number of amides is 3. The van der Waals surface area contributed by atoms with E-state index in [1.807, 2.05) is 74.5 Å². The number of rotatable bonds is 30. The number of hydrogen-bond donors (Lipinski definition) is 2. The molecule has 0 spiro atoms. The van der Waals surface area contributed by atoms with Crippen LogP contribution in [0.3, 0.4) is 0 Å². The average molecular weight is 1090 g/mol. The van der Waals surface area contributed by atoms with E-state index in [1.165, 1.54) is 12.1 Å². The average Bonchev–Trinajstić information content (AvgIpc) is 3.87. The van der Waals surface area contributed by atoms with Crippen molar-refractivity contribution >= 4 is 44.9 Å². The molecule has 5 rings (SSSR count). The number of nitrogens with one attached hydrogen (secondary N) is 2. The molecule has 0 aliphatic carbocycles. The van der Waals surface area contributed by atoms with Crippen molar-refractivity contribution in [3.63, 3.8) is 0 Å². The zero-order chi connectivity index (χ0) is 55.5. The Bertz CT molecular complexity index is 2710. The van der Waals surface area contributed by atoms with Gasteiger partial charge in [-0.2, -0.15) is 5.06 Å². The van der Waals surface area contributed by atoms with Crippen LogP contribution in [-0.2, 0) is 59.4 Å². The van der Waals surface area contributed by atoms with E-state index in [4.69, 9.17) is 41.3 Å². The monoisotopic (exact) mass is 1090 g/mol. The second kappa shape index (κ2) is 28.3. The summed E-state index contributed by atoms with van der Waals surface area (Å²) >= 11 is 0. The third-order valence-electron chi connectivity index (χ3n) is 11.2. The highest BCUT2D eigenvalue weighted by Crippen LogP contribution is 2.55. The molecule has 3 amide bonds. The van der Waals surface area contributed by atoms with Crippen molar-refractivity contribution in [1.82, 2.24) is 15.7 Å². The van der Waals surface area contributed by atoms with E-state index in [0.717, 1.165) is 29.0 Å². The fourth-order valence-electron chi connectivity index (χ4n) is 7.81. The van der Waals surface area contributed by atoms with Gasteiger partial charge in [0.25, 0.3) is 5.91 Å². The summed E-state index contributed by atoms with van der Waals surface area (Å²) in [7, 11) is -8.21. The number of furan rings is 1. The summed E-state index contributed by atoms with van der Waals surface area (Å²) in [5, 5.41) is 6.46. The predicted molar refractivity (Wildman–Crippen MR) is 288 cm³/mol. The quantitative estimate of drug-likeness (QED) is 0.0144. The first kappa shape index (κ1) is 60.8. The number of unbranched alkanes of at least 4 members (excludes halogenated alkanes) is 2. The first-order valence-corrected chi connectivity index (χ1v) is 28.4. The first-order valence-electron chi connectivity index (χ1n) is 25.4. The molecule has 0 bridgehead atoms. The van der Waals surface area contributed by atoms with Crippen LogP contribution >= 0.6 is 15.4 Å². The molecule has 0 saturated heterocycles. The van der Waals surface area contributed by atoms with Gasteiger partial charge >= 0.3 is 21.4 Å². The molecule has 5 aromatic rings. The van der Waals surface area contributed by atoms with E-state index in [0.29, 0.717) is 42.7 Å². The van der Waals surface area contributed by atoms with Gasteiger partial charge < -0.3 is 38.4 Å². The van der Waals surface area contributed by atoms with Gasteiger partial charge in [-0.15, -0.1) is 0 Å². The Hall–Kier alpha value is -6.10. The molecule has 0 saturated carbocycles. The normalized spacial score (nSPS) is 12.8. The topological polar surface area (TPSA) is 217 Å². The summed E-state index contributed by atoms with van der Waals surface area (Å²) < 4.78 is 75.3. The zero-order valence-corrected chi connectivity index (χ0v) is 46.9. The largest absolute Gasteiger partial charge is 0.494 e. The van der Waals surface area contributed by atoms with Crippen LogP contribution < -0.4 is 25.4 Å². The highest BCUT2D eigenvalue weighted by atomic mass is 31.2. The Morgan fingerprint density at radius 3 is 1.93 bits per heavy atom. The molecule has 2 atom stereocenters. The van der Waals surface area contributed by atoms with E-state index < -0.39 is 63.2 Å². The number of phosphoric acid groups is 1. The molecular formula is C56H73N3O15P2. The van der Waals surface area contributed by atoms with E-state index in [2.05, 4.69) is 10.6 Å². The lowest BCUT2D eigenvalue weighted by molar-refractivity contribution is -0.171. The van der Waals surface area contributed by atoms with Crippen LogP contribution in [0.25, 0.3) is 11.3 Å². The van der Waals surface area contributed by atoms with E-state index in [-0.39, 0.29) is 54.4 Å². The van der Waals surface area contributed by atoms with E-state index in [1.54, 1.807) is 91.8 Å². The molecule has 412 valence electrons. The van der Waals surface area contributed by atoms with Crippen LogP contribution in [0.15, 0.2) is 114 Å². The molecule has 20 heteroatoms. The summed E-state index contributed by atoms with van der Waals surface area (Å²) in [5.74, 6) is -2.46. The number of benzene rings is 4. The van der Waals surface area contributed by atoms with Gasteiger partial charge in [-0.1, -0.05) is 106 Å². The Kier molecular flexibility index (Phi) is 22.6. The number of ether oxygens (including phenoxy) is 2. The molecular weight excluding hydrogens is 1020 g/mol. The maximum Gasteiger partial charge on any atom is 0.478 e. The van der Waals surface area contributed by atoms with Crippen molar-refractivity contribution in [3.05, 3.63) is 137 Å². The van der Waals surface area contributed by atoms with Gasteiger partial charge in [0.05, 0.1) is 55.0 Å². The van der Waals surface area contributed by atoms with Crippen molar-refractivity contribution in [2.24, 2.45) is 5.92 Å². The van der Waals surface area contributed by atoms with Crippen LogP contribution in [0.1, 0.15) is 132 Å². The highest BCUT2D eigenvalue weighted by Gasteiger charge is 2.39. The summed E-state index contributed by atoms with van der Waals surface area (Å²) in [5.41, 5.74) is 0.593. The SMILES string of the molecule is CCCCC[C@@H](C(=O)NCNC(=O)c1ccc(-c2cc(OCC)cc(P(=O)(OCc3ccccc3)OCc3ccccc3)c2)o1)[C@@H](CC)N(C=O)OC(=O)c1c(C)cccc1OCOP(=O)(OC(C)(C)C)OC(C)(C)C. The molecule has 0 fully saturated rings. The van der Waals surface area contributed by atoms with Gasteiger partial charge in [-0.05, 0) is 121 Å². The fraction of sp³-hybridized carbons (Fsp3) is 0.429. The predicted octanol–water partition coefficient (Wildman–Crippen LogP) is 12.0. The number of hydroxylamine groups is 2. The minimum Gasteiger partial charge on any atom is -0.494 e. The van der Waals surface area contributed by atoms with Crippen LogP contribution in [-0.4, -0.2) is 66.6 Å². The smallest absolute Gasteiger partial charge is 0.478 e. The van der Waals surface area contributed by atoms with Gasteiger partial charge in [-0.25, -0.2) is 13.9 Å². The van der Waals surface area contributed by atoms with Crippen molar-refractivity contribution in [2.45, 2.75) is 132 Å². The maximum absolute atomic E-state index is 14.8. The second-order valence-electron chi connectivity index (χ2n) is 19.7. The first-order chi connectivity index (χ1) is 36.1. The van der Waals surface area contributed by atoms with Gasteiger partial charge in [-0.3, -0.25) is 28.0 Å². The third-order valence-corrected chi connectivity index (χ3v) is 15.0. The van der Waals surface area contributed by atoms with Gasteiger partial charge in [0.15, 0.2) is 12.6 Å². The van der Waals surface area contributed by atoms with Crippen LogP contribution in [0.5, 0.6) is 11.5 Å². The number of aryl methyl sites for hydroxylation is 1. The molecule has 0 aliphatic heterocycles. The number of carbonyl (C=O) groups excluding carboxylic acids is 4. The molecule has 1 aromatic heterocycles. The van der Waals surface area contributed by atoms with E-state index >= 15 is 0 Å². The molecule has 76 heavy (non-hydrogen) atoms. The number of carbonyl (C=O) groups is 4. The van der Waals surface area contributed by atoms with Gasteiger partial charge in [0.2, 0.25) is 12.3 Å². The molecule has 0 unspecified atom stereocenters. The van der Waals surface area contributed by atoms with Gasteiger partial charge in [0.1, 0.15) is 22.8 Å². The molecule has 1 heterocycles. The zero-order valence-electron chi connectivity index (χ0n) is 45.2. The minimum absolute atomic E-state index is 0.00137. The summed E-state index contributed by atoms with van der Waals surface area (Å²) in [6.45, 7) is 16.7. The summed E-state index contributed by atoms with van der Waals surface area (Å²) in [6.07, 6.45) is 3.12. The van der Waals surface area contributed by atoms with Crippen molar-refractivity contribution in [3.8, 4) is 22.8 Å². The van der Waals surface area contributed by atoms with Crippen LogP contribution in [0.4, 0.5) is 0 Å². The minimum atomic E-state index is -4.18. The number of nitrogens with zero attached hydrogens (tertiary/aromatic N) is 1. The standard InChI is InChI=1S/C56H73N3O15P2/c1-11-14-17-28-46(47(12-2)59(38-60)72-54(63)51-40(4)23-22-29-49(51)67-39-70-76(65,73-55(5,6)7)74-56(8,9)10)52(61)57-37-58-53(62)50-31-30-48(71-50)43-32-44(66-13-3)34-45(33-43)75(64,68-35-41-24-18-15-19-25-41)69-36-42-26-20-16-21-27-42/h15-16,18-27,29-34,38,46-47H,11-14,17,28,35-37,39H2,1-10H3,(H,57,61)(H,58,62)/t46-,47-/m1/s1. The van der Waals surface area contributed by atoms with Crippen molar-refractivity contribution < 1.29 is 69.7 Å².